The molecule has 0 atom stereocenters. The van der Waals surface area contributed by atoms with Gasteiger partial charge in [0.25, 0.3) is 0 Å². The first-order valence-electron chi connectivity index (χ1n) is 5.79. The predicted molar refractivity (Wildman–Crippen MR) is 74.8 cm³/mol. The molecule has 3 N–H and O–H groups in total. The summed E-state index contributed by atoms with van der Waals surface area (Å²) in [5.41, 5.74) is 6.16. The summed E-state index contributed by atoms with van der Waals surface area (Å²) in [5, 5.41) is 2.93. The average Bonchev–Trinajstić information content (AvgIpc) is 2.40. The van der Waals surface area contributed by atoms with Gasteiger partial charge in [-0.1, -0.05) is 0 Å². The summed E-state index contributed by atoms with van der Waals surface area (Å²) in [7, 11) is 5.03. The highest BCUT2D eigenvalue weighted by molar-refractivity contribution is 5.63. The molecule has 0 radical (unpaired) electrons. The summed E-state index contributed by atoms with van der Waals surface area (Å²) in [6.07, 6.45) is 0. The third kappa shape index (κ3) is 3.02. The molecule has 1 aromatic carbocycles. The monoisotopic (exact) mass is 278 g/mol. The summed E-state index contributed by atoms with van der Waals surface area (Å²) >= 11 is 0. The van der Waals surface area contributed by atoms with Crippen molar-refractivity contribution in [3.63, 3.8) is 0 Å². The summed E-state index contributed by atoms with van der Waals surface area (Å²) in [5.74, 6) is 0.714. The first kappa shape index (κ1) is 13.8. The van der Waals surface area contributed by atoms with Crippen LogP contribution in [0.1, 0.15) is 0 Å². The van der Waals surface area contributed by atoms with Gasteiger partial charge < -0.3 is 20.7 Å². The van der Waals surface area contributed by atoms with Crippen LogP contribution in [-0.4, -0.2) is 36.2 Å². The first-order valence-corrected chi connectivity index (χ1v) is 5.79. The average molecular weight is 278 g/mol. The van der Waals surface area contributed by atoms with Crippen molar-refractivity contribution >= 4 is 23.5 Å². The fourth-order valence-corrected chi connectivity index (χ4v) is 1.53. The van der Waals surface area contributed by atoms with Crippen LogP contribution in [0.4, 0.5) is 27.9 Å². The smallest absolute Gasteiger partial charge is 0.233 e. The Morgan fingerprint density at radius 1 is 1.25 bits per heavy atom. The van der Waals surface area contributed by atoms with E-state index in [1.54, 1.807) is 19.0 Å². The maximum absolute atomic E-state index is 13.1. The van der Waals surface area contributed by atoms with Gasteiger partial charge in [0.1, 0.15) is 11.6 Å². The highest BCUT2D eigenvalue weighted by Crippen LogP contribution is 2.27. The van der Waals surface area contributed by atoms with E-state index in [0.29, 0.717) is 17.4 Å². The number of hydrogen-bond acceptors (Lipinski definition) is 7. The number of nitrogen functional groups attached to an aromatic ring is 1. The van der Waals surface area contributed by atoms with Gasteiger partial charge in [-0.05, 0) is 12.1 Å². The number of nitrogens with zero attached hydrogens (tertiary/aromatic N) is 4. The van der Waals surface area contributed by atoms with Crippen LogP contribution in [0.3, 0.4) is 0 Å². The van der Waals surface area contributed by atoms with E-state index in [-0.39, 0.29) is 11.9 Å². The van der Waals surface area contributed by atoms with Crippen molar-refractivity contribution in [1.82, 2.24) is 15.0 Å². The van der Waals surface area contributed by atoms with Crippen LogP contribution in [0.25, 0.3) is 0 Å². The lowest BCUT2D eigenvalue weighted by Gasteiger charge is -2.13. The van der Waals surface area contributed by atoms with E-state index in [1.807, 2.05) is 0 Å². The molecular weight excluding hydrogens is 263 g/mol. The van der Waals surface area contributed by atoms with E-state index in [1.165, 1.54) is 25.3 Å². The molecule has 2 aromatic rings. The zero-order valence-corrected chi connectivity index (χ0v) is 11.4. The fourth-order valence-electron chi connectivity index (χ4n) is 1.53. The summed E-state index contributed by atoms with van der Waals surface area (Å²) in [6, 6.07) is 4.10. The van der Waals surface area contributed by atoms with Crippen LogP contribution in [0, 0.1) is 5.82 Å². The van der Waals surface area contributed by atoms with Gasteiger partial charge in [-0.2, -0.15) is 15.0 Å². The standard InChI is InChI=1S/C12H15FN6O/c1-19(2)12-17-10(14)16-11(18-12)15-8-5-4-7(13)6-9(8)20-3/h4-6H,1-3H3,(H3,14,15,16,17,18). The number of rotatable bonds is 4. The zero-order valence-electron chi connectivity index (χ0n) is 11.4. The molecule has 20 heavy (non-hydrogen) atoms. The molecule has 0 saturated carbocycles. The molecule has 106 valence electrons. The fraction of sp³-hybridized carbons (Fsp3) is 0.250. The molecule has 1 aromatic heterocycles. The van der Waals surface area contributed by atoms with Crippen molar-refractivity contribution < 1.29 is 9.13 Å². The molecule has 0 saturated heterocycles. The molecule has 0 amide bonds. The normalized spacial score (nSPS) is 10.2. The van der Waals surface area contributed by atoms with Crippen molar-refractivity contribution in [1.29, 1.82) is 0 Å². The Labute approximate surface area is 115 Å². The maximum Gasteiger partial charge on any atom is 0.233 e. The molecular formula is C12H15FN6O. The summed E-state index contributed by atoms with van der Waals surface area (Å²) < 4.78 is 18.2. The molecule has 7 nitrogen and oxygen atoms in total. The van der Waals surface area contributed by atoms with Gasteiger partial charge in [0, 0.05) is 20.2 Å². The number of anilines is 4. The number of nitrogens with one attached hydrogen (secondary N) is 1. The predicted octanol–water partition coefficient (Wildman–Crippen LogP) is 1.41. The van der Waals surface area contributed by atoms with E-state index in [4.69, 9.17) is 10.5 Å². The van der Waals surface area contributed by atoms with Gasteiger partial charge in [-0.15, -0.1) is 0 Å². The van der Waals surface area contributed by atoms with Gasteiger partial charge in [0.05, 0.1) is 12.8 Å². The molecule has 1 heterocycles. The molecule has 0 unspecified atom stereocenters. The minimum absolute atomic E-state index is 0.0901. The summed E-state index contributed by atoms with van der Waals surface area (Å²) in [4.78, 5) is 13.8. The molecule has 0 fully saturated rings. The molecule has 2 rings (SSSR count). The van der Waals surface area contributed by atoms with E-state index in [2.05, 4.69) is 20.3 Å². The summed E-state index contributed by atoms with van der Waals surface area (Å²) in [6.45, 7) is 0. The van der Waals surface area contributed by atoms with E-state index >= 15 is 0 Å². The van der Waals surface area contributed by atoms with Crippen molar-refractivity contribution in [2.24, 2.45) is 0 Å². The number of halogens is 1. The van der Waals surface area contributed by atoms with E-state index < -0.39 is 5.82 Å². The molecule has 0 aliphatic carbocycles. The van der Waals surface area contributed by atoms with Crippen LogP contribution in [0.2, 0.25) is 0 Å². The van der Waals surface area contributed by atoms with E-state index in [9.17, 15) is 4.39 Å². The van der Waals surface area contributed by atoms with Gasteiger partial charge >= 0.3 is 0 Å². The molecule has 0 spiro atoms. The lowest BCUT2D eigenvalue weighted by molar-refractivity contribution is 0.413. The quantitative estimate of drug-likeness (QED) is 0.874. The lowest BCUT2D eigenvalue weighted by atomic mass is 10.3. The number of methoxy groups -OCH3 is 1. The second-order valence-corrected chi connectivity index (χ2v) is 4.18. The Morgan fingerprint density at radius 2 is 2.00 bits per heavy atom. The number of benzene rings is 1. The molecule has 0 aliphatic rings. The van der Waals surface area contributed by atoms with Gasteiger partial charge in [0.15, 0.2) is 0 Å². The Kier molecular flexibility index (Phi) is 3.83. The van der Waals surface area contributed by atoms with Crippen molar-refractivity contribution in [2.45, 2.75) is 0 Å². The molecule has 8 heteroatoms. The molecule has 0 aliphatic heterocycles. The maximum atomic E-state index is 13.1. The Bertz CT molecular complexity index is 619. The van der Waals surface area contributed by atoms with Gasteiger partial charge in [0.2, 0.25) is 17.8 Å². The minimum Gasteiger partial charge on any atom is -0.494 e. The van der Waals surface area contributed by atoms with Crippen LogP contribution in [-0.2, 0) is 0 Å². The number of ether oxygens (including phenoxy) is 1. The molecule has 0 bridgehead atoms. The lowest BCUT2D eigenvalue weighted by Crippen LogP contribution is -2.15. The van der Waals surface area contributed by atoms with Crippen molar-refractivity contribution in [3.8, 4) is 5.75 Å². The Balaban J connectivity index is 2.34. The Hall–Kier alpha value is -2.64. The second-order valence-electron chi connectivity index (χ2n) is 4.18. The minimum atomic E-state index is -0.392. The highest BCUT2D eigenvalue weighted by Gasteiger charge is 2.09. The van der Waals surface area contributed by atoms with Crippen molar-refractivity contribution in [2.75, 3.05) is 37.2 Å². The number of nitrogens with two attached hydrogens (primary N) is 1. The largest absolute Gasteiger partial charge is 0.494 e. The van der Waals surface area contributed by atoms with Crippen molar-refractivity contribution in [3.05, 3.63) is 24.0 Å². The SMILES string of the molecule is COc1cc(F)ccc1Nc1nc(N)nc(N(C)C)n1. The number of hydrogen-bond donors (Lipinski definition) is 2. The van der Waals surface area contributed by atoms with E-state index in [0.717, 1.165) is 0 Å². The zero-order chi connectivity index (χ0) is 14.7. The van der Waals surface area contributed by atoms with Crippen LogP contribution >= 0.6 is 0 Å². The third-order valence-electron chi connectivity index (χ3n) is 2.45. The third-order valence-corrected chi connectivity index (χ3v) is 2.45. The number of aromatic nitrogens is 3. The van der Waals surface area contributed by atoms with Crippen LogP contribution in [0.15, 0.2) is 18.2 Å². The second kappa shape index (κ2) is 5.55. The van der Waals surface area contributed by atoms with Crippen LogP contribution < -0.4 is 20.7 Å². The highest BCUT2D eigenvalue weighted by atomic mass is 19.1. The van der Waals surface area contributed by atoms with Gasteiger partial charge in [-0.3, -0.25) is 0 Å². The topological polar surface area (TPSA) is 89.2 Å². The first-order chi connectivity index (χ1) is 9.49. The Morgan fingerprint density at radius 3 is 2.65 bits per heavy atom. The van der Waals surface area contributed by atoms with Gasteiger partial charge in [-0.25, -0.2) is 4.39 Å². The van der Waals surface area contributed by atoms with Crippen LogP contribution in [0.5, 0.6) is 5.75 Å².